The summed E-state index contributed by atoms with van der Waals surface area (Å²) < 4.78 is 12.2. The fraction of sp³-hybridized carbons (Fsp3) is 0.333. The minimum atomic E-state index is -0.854. The lowest BCUT2D eigenvalue weighted by molar-refractivity contribution is 0.118. The van der Waals surface area contributed by atoms with Gasteiger partial charge in [0.15, 0.2) is 11.5 Å². The number of rotatable bonds is 9. The molecule has 4 rings (SSSR count). The number of benzene rings is 3. The van der Waals surface area contributed by atoms with Gasteiger partial charge in [0, 0.05) is 17.7 Å². The SMILES string of the molecule is Cl.NC(C1CCCC1)C(O)c1cc(OCc2ccccc2)c(OCc2ccccc2)cc1Cl. The predicted octanol–water partition coefficient (Wildman–Crippen LogP) is 6.47. The Hall–Kier alpha value is -2.24. The Bertz CT molecular complexity index is 995. The first-order valence-corrected chi connectivity index (χ1v) is 11.6. The molecule has 3 aromatic carbocycles. The van der Waals surface area contributed by atoms with Crippen LogP contribution in [0.15, 0.2) is 72.8 Å². The van der Waals surface area contributed by atoms with Gasteiger partial charge in [-0.1, -0.05) is 85.1 Å². The number of aliphatic hydroxyl groups is 1. The summed E-state index contributed by atoms with van der Waals surface area (Å²) in [7, 11) is 0. The largest absolute Gasteiger partial charge is 0.485 e. The van der Waals surface area contributed by atoms with Gasteiger partial charge in [0.05, 0.1) is 11.1 Å². The Kier molecular flexibility index (Phi) is 9.45. The fourth-order valence-electron chi connectivity index (χ4n) is 4.28. The van der Waals surface area contributed by atoms with Crippen LogP contribution in [0.3, 0.4) is 0 Å². The molecule has 3 N–H and O–H groups in total. The first-order chi connectivity index (χ1) is 15.6. The van der Waals surface area contributed by atoms with Gasteiger partial charge in [0.25, 0.3) is 0 Å². The maximum atomic E-state index is 11.0. The first kappa shape index (κ1) is 25.4. The lowest BCUT2D eigenvalue weighted by Gasteiger charge is -2.26. The van der Waals surface area contributed by atoms with Crippen LogP contribution in [-0.4, -0.2) is 11.1 Å². The van der Waals surface area contributed by atoms with E-state index in [2.05, 4.69) is 0 Å². The molecule has 1 aliphatic rings. The van der Waals surface area contributed by atoms with Gasteiger partial charge in [-0.15, -0.1) is 12.4 Å². The summed E-state index contributed by atoms with van der Waals surface area (Å²) in [6.45, 7) is 0.775. The van der Waals surface area contributed by atoms with Crippen LogP contribution in [0.25, 0.3) is 0 Å². The molecule has 4 nitrogen and oxygen atoms in total. The highest BCUT2D eigenvalue weighted by molar-refractivity contribution is 6.31. The molecule has 33 heavy (non-hydrogen) atoms. The van der Waals surface area contributed by atoms with E-state index in [1.165, 1.54) is 0 Å². The second-order valence-electron chi connectivity index (χ2n) is 8.44. The van der Waals surface area contributed by atoms with Crippen molar-refractivity contribution in [3.8, 4) is 11.5 Å². The number of hydrogen-bond donors (Lipinski definition) is 2. The van der Waals surface area contributed by atoms with Crippen LogP contribution >= 0.6 is 24.0 Å². The Morgan fingerprint density at radius 2 is 1.33 bits per heavy atom. The summed E-state index contributed by atoms with van der Waals surface area (Å²) >= 11 is 6.59. The Morgan fingerprint density at radius 1 is 0.848 bits per heavy atom. The molecule has 0 spiro atoms. The highest BCUT2D eigenvalue weighted by Crippen LogP contribution is 2.40. The molecule has 0 heterocycles. The van der Waals surface area contributed by atoms with Gasteiger partial charge in [-0.05, 0) is 36.0 Å². The maximum absolute atomic E-state index is 11.0. The summed E-state index contributed by atoms with van der Waals surface area (Å²) in [5.41, 5.74) is 9.10. The fourth-order valence-corrected chi connectivity index (χ4v) is 4.55. The molecule has 3 aromatic rings. The molecule has 1 aliphatic carbocycles. The van der Waals surface area contributed by atoms with Crippen molar-refractivity contribution >= 4 is 24.0 Å². The number of hydrogen-bond acceptors (Lipinski definition) is 4. The van der Waals surface area contributed by atoms with Crippen LogP contribution in [0, 0.1) is 5.92 Å². The van der Waals surface area contributed by atoms with Gasteiger partial charge in [-0.3, -0.25) is 0 Å². The maximum Gasteiger partial charge on any atom is 0.163 e. The molecule has 2 unspecified atom stereocenters. The van der Waals surface area contributed by atoms with Crippen molar-refractivity contribution in [1.29, 1.82) is 0 Å². The summed E-state index contributed by atoms with van der Waals surface area (Å²) in [6.07, 6.45) is 3.57. The van der Waals surface area contributed by atoms with E-state index in [1.807, 2.05) is 60.7 Å². The van der Waals surface area contributed by atoms with Crippen molar-refractivity contribution in [1.82, 2.24) is 0 Å². The molecule has 2 atom stereocenters. The molecule has 1 fully saturated rings. The monoisotopic (exact) mass is 487 g/mol. The van der Waals surface area contributed by atoms with Crippen molar-refractivity contribution in [2.45, 2.75) is 51.0 Å². The van der Waals surface area contributed by atoms with Crippen LogP contribution in [0.2, 0.25) is 5.02 Å². The number of halogens is 2. The summed E-state index contributed by atoms with van der Waals surface area (Å²) in [6, 6.07) is 23.0. The van der Waals surface area contributed by atoms with Crippen LogP contribution in [0.4, 0.5) is 0 Å². The van der Waals surface area contributed by atoms with Crippen LogP contribution in [-0.2, 0) is 13.2 Å². The van der Waals surface area contributed by atoms with E-state index >= 15 is 0 Å². The van der Waals surface area contributed by atoms with Gasteiger partial charge in [-0.25, -0.2) is 0 Å². The Labute approximate surface area is 207 Å². The van der Waals surface area contributed by atoms with E-state index < -0.39 is 6.10 Å². The average Bonchev–Trinajstić information content (AvgIpc) is 3.37. The van der Waals surface area contributed by atoms with Crippen molar-refractivity contribution in [2.75, 3.05) is 0 Å². The van der Waals surface area contributed by atoms with Gasteiger partial charge in [0.2, 0.25) is 0 Å². The number of nitrogens with two attached hydrogens (primary N) is 1. The second-order valence-corrected chi connectivity index (χ2v) is 8.84. The highest BCUT2D eigenvalue weighted by Gasteiger charge is 2.30. The standard InChI is InChI=1S/C27H30ClNO3.ClH/c28-23-16-25(32-18-20-11-5-2-6-12-20)24(31-17-19-9-3-1-4-10-19)15-22(23)27(30)26(29)21-13-7-8-14-21;/h1-6,9-12,15-16,21,26-27,30H,7-8,13-14,17-18,29H2;1H. The molecule has 0 aromatic heterocycles. The molecule has 0 amide bonds. The predicted molar refractivity (Wildman–Crippen MR) is 135 cm³/mol. The lowest BCUT2D eigenvalue weighted by Crippen LogP contribution is -2.35. The lowest BCUT2D eigenvalue weighted by atomic mass is 9.90. The topological polar surface area (TPSA) is 64.7 Å². The van der Waals surface area contributed by atoms with E-state index in [9.17, 15) is 5.11 Å². The zero-order chi connectivity index (χ0) is 22.3. The summed E-state index contributed by atoms with van der Waals surface area (Å²) in [5, 5.41) is 11.5. The quantitative estimate of drug-likeness (QED) is 0.362. The van der Waals surface area contributed by atoms with Crippen molar-refractivity contribution in [3.63, 3.8) is 0 Å². The van der Waals surface area contributed by atoms with E-state index in [0.29, 0.717) is 41.2 Å². The minimum Gasteiger partial charge on any atom is -0.485 e. The molecule has 0 bridgehead atoms. The third kappa shape index (κ3) is 6.64. The zero-order valence-electron chi connectivity index (χ0n) is 18.5. The van der Waals surface area contributed by atoms with Crippen LogP contribution in [0.5, 0.6) is 11.5 Å². The van der Waals surface area contributed by atoms with E-state index in [-0.39, 0.29) is 18.4 Å². The average molecular weight is 488 g/mol. The van der Waals surface area contributed by atoms with E-state index in [4.69, 9.17) is 26.8 Å². The van der Waals surface area contributed by atoms with Gasteiger partial charge in [0.1, 0.15) is 13.2 Å². The van der Waals surface area contributed by atoms with Crippen LogP contribution < -0.4 is 15.2 Å². The van der Waals surface area contributed by atoms with E-state index in [0.717, 1.165) is 36.8 Å². The summed E-state index contributed by atoms with van der Waals surface area (Å²) in [5.74, 6) is 1.39. The highest BCUT2D eigenvalue weighted by atomic mass is 35.5. The van der Waals surface area contributed by atoms with Crippen molar-refractivity contribution in [3.05, 3.63) is 94.5 Å². The second kappa shape index (κ2) is 12.3. The van der Waals surface area contributed by atoms with Gasteiger partial charge < -0.3 is 20.3 Å². The summed E-state index contributed by atoms with van der Waals surface area (Å²) in [4.78, 5) is 0. The number of aliphatic hydroxyl groups excluding tert-OH is 1. The van der Waals surface area contributed by atoms with E-state index in [1.54, 1.807) is 12.1 Å². The Morgan fingerprint density at radius 3 is 1.85 bits per heavy atom. The smallest absolute Gasteiger partial charge is 0.163 e. The van der Waals surface area contributed by atoms with Crippen molar-refractivity contribution < 1.29 is 14.6 Å². The third-order valence-electron chi connectivity index (χ3n) is 6.16. The molecule has 0 aliphatic heterocycles. The molecule has 0 saturated heterocycles. The van der Waals surface area contributed by atoms with Gasteiger partial charge in [-0.2, -0.15) is 0 Å². The molecular weight excluding hydrogens is 457 g/mol. The molecule has 0 radical (unpaired) electrons. The third-order valence-corrected chi connectivity index (χ3v) is 6.49. The molecule has 176 valence electrons. The minimum absolute atomic E-state index is 0. The molecular formula is C27H31Cl2NO3. The first-order valence-electron chi connectivity index (χ1n) is 11.2. The zero-order valence-corrected chi connectivity index (χ0v) is 20.1. The molecule has 1 saturated carbocycles. The van der Waals surface area contributed by atoms with Gasteiger partial charge >= 0.3 is 0 Å². The van der Waals surface area contributed by atoms with Crippen molar-refractivity contribution in [2.24, 2.45) is 11.7 Å². The Balaban J connectivity index is 0.00000306. The van der Waals surface area contributed by atoms with Crippen LogP contribution in [0.1, 0.15) is 48.5 Å². The number of ether oxygens (including phenoxy) is 2. The normalized spacial score (nSPS) is 15.5. The molecule has 6 heteroatoms.